The number of hydrogen-bond donors (Lipinski definition) is 0. The fourth-order valence-corrected chi connectivity index (χ4v) is 5.14. The minimum atomic E-state index is -0.923. The van der Waals surface area contributed by atoms with Gasteiger partial charge in [-0.15, -0.1) is 0 Å². The third-order valence-corrected chi connectivity index (χ3v) is 7.19. The van der Waals surface area contributed by atoms with E-state index in [1.807, 2.05) is 24.3 Å². The van der Waals surface area contributed by atoms with Gasteiger partial charge in [-0.25, -0.2) is 9.88 Å². The van der Waals surface area contributed by atoms with Gasteiger partial charge in [-0.2, -0.15) is 0 Å². The second-order valence-electron chi connectivity index (χ2n) is 9.64. The Labute approximate surface area is 224 Å². The molecule has 0 radical (unpaired) electrons. The van der Waals surface area contributed by atoms with Crippen molar-refractivity contribution in [2.75, 3.05) is 25.2 Å². The number of aromatic nitrogens is 1. The van der Waals surface area contributed by atoms with E-state index in [0.29, 0.717) is 35.1 Å². The normalized spacial score (nSPS) is 19.2. The molecule has 3 aromatic carbocycles. The summed E-state index contributed by atoms with van der Waals surface area (Å²) in [5.41, 5.74) is 2.99. The Morgan fingerprint density at radius 3 is 2.51 bits per heavy atom. The van der Waals surface area contributed by atoms with Crippen LogP contribution >= 0.6 is 0 Å². The lowest BCUT2D eigenvalue weighted by atomic mass is 10.1. The number of fused-ring (bicyclic) bond motifs is 1. The number of benzene rings is 3. The predicted octanol–water partition coefficient (Wildman–Crippen LogP) is 4.46. The average molecular weight is 526 g/mol. The molecule has 2 fully saturated rings. The first-order valence-electron chi connectivity index (χ1n) is 12.9. The van der Waals surface area contributed by atoms with Crippen LogP contribution in [0.3, 0.4) is 0 Å². The molecule has 6 rings (SSSR count). The standard InChI is InChI=1S/C30H27N3O6/c1-37-22-14-10-20(11-15-22)29(35)32(18-23-5-4-16-38-23)25-17-27(34)33(30(25)36)21-12-8-19(9-13-21)28-31-24-6-2-3-7-26(24)39-28/h2-3,6-15,23,25H,4-5,16-18H2,1H3. The van der Waals surface area contributed by atoms with E-state index in [9.17, 15) is 14.4 Å². The van der Waals surface area contributed by atoms with Gasteiger partial charge in [0, 0.05) is 24.3 Å². The van der Waals surface area contributed by atoms with Gasteiger partial charge in [0.05, 0.1) is 25.3 Å². The zero-order chi connectivity index (χ0) is 26.9. The second-order valence-corrected chi connectivity index (χ2v) is 9.64. The first kappa shape index (κ1) is 24.8. The van der Waals surface area contributed by atoms with Crippen LogP contribution in [0.25, 0.3) is 22.6 Å². The molecule has 9 nitrogen and oxygen atoms in total. The molecule has 0 aliphatic carbocycles. The highest BCUT2D eigenvalue weighted by Gasteiger charge is 2.45. The number of hydrogen-bond acceptors (Lipinski definition) is 7. The molecule has 0 saturated carbocycles. The second kappa shape index (κ2) is 10.3. The number of carbonyl (C=O) groups is 3. The molecule has 2 aliphatic rings. The van der Waals surface area contributed by atoms with Gasteiger partial charge in [0.1, 0.15) is 17.3 Å². The van der Waals surface area contributed by atoms with Gasteiger partial charge < -0.3 is 18.8 Å². The Morgan fingerprint density at radius 2 is 1.82 bits per heavy atom. The van der Waals surface area contributed by atoms with Crippen molar-refractivity contribution in [3.8, 4) is 17.2 Å². The quantitative estimate of drug-likeness (QED) is 0.328. The number of ether oxygens (including phenoxy) is 2. The minimum absolute atomic E-state index is 0.0969. The monoisotopic (exact) mass is 525 g/mol. The van der Waals surface area contributed by atoms with Crippen LogP contribution < -0.4 is 9.64 Å². The van der Waals surface area contributed by atoms with E-state index in [0.717, 1.165) is 28.8 Å². The molecule has 39 heavy (non-hydrogen) atoms. The lowest BCUT2D eigenvalue weighted by Gasteiger charge is -2.30. The summed E-state index contributed by atoms with van der Waals surface area (Å²) in [4.78, 5) is 47.6. The van der Waals surface area contributed by atoms with Gasteiger partial charge in [-0.1, -0.05) is 12.1 Å². The summed E-state index contributed by atoms with van der Waals surface area (Å²) in [5, 5.41) is 0. The topological polar surface area (TPSA) is 102 Å². The molecule has 0 N–H and O–H groups in total. The molecule has 2 atom stereocenters. The lowest BCUT2D eigenvalue weighted by molar-refractivity contribution is -0.122. The van der Waals surface area contributed by atoms with Gasteiger partial charge in [0.25, 0.3) is 11.8 Å². The van der Waals surface area contributed by atoms with Crippen LogP contribution in [0.5, 0.6) is 5.75 Å². The number of nitrogens with zero attached hydrogens (tertiary/aromatic N) is 3. The summed E-state index contributed by atoms with van der Waals surface area (Å²) >= 11 is 0. The van der Waals surface area contributed by atoms with Crippen molar-refractivity contribution in [1.82, 2.24) is 9.88 Å². The molecule has 3 heterocycles. The van der Waals surface area contributed by atoms with Crippen molar-refractivity contribution in [3.63, 3.8) is 0 Å². The Kier molecular flexibility index (Phi) is 6.58. The van der Waals surface area contributed by atoms with Crippen molar-refractivity contribution in [1.29, 1.82) is 0 Å². The Hall–Kier alpha value is -4.50. The van der Waals surface area contributed by atoms with Crippen LogP contribution in [-0.4, -0.2) is 60.0 Å². The SMILES string of the molecule is COc1ccc(C(=O)N(CC2CCCO2)C2CC(=O)N(c3ccc(-c4nc5ccccc5o4)cc3)C2=O)cc1. The van der Waals surface area contributed by atoms with Crippen LogP contribution in [0.2, 0.25) is 0 Å². The maximum absolute atomic E-state index is 13.7. The molecule has 2 saturated heterocycles. The predicted molar refractivity (Wildman–Crippen MR) is 143 cm³/mol. The number of oxazole rings is 1. The first-order valence-corrected chi connectivity index (χ1v) is 12.9. The summed E-state index contributed by atoms with van der Waals surface area (Å²) in [7, 11) is 1.55. The molecular formula is C30H27N3O6. The number of para-hydroxylation sites is 2. The maximum atomic E-state index is 13.7. The van der Waals surface area contributed by atoms with Crippen LogP contribution in [0, 0.1) is 0 Å². The Balaban J connectivity index is 1.25. The van der Waals surface area contributed by atoms with Crippen LogP contribution in [0.15, 0.2) is 77.2 Å². The van der Waals surface area contributed by atoms with Gasteiger partial charge in [-0.3, -0.25) is 14.4 Å². The van der Waals surface area contributed by atoms with Crippen LogP contribution in [0.4, 0.5) is 5.69 Å². The highest BCUT2D eigenvalue weighted by molar-refractivity contribution is 6.23. The van der Waals surface area contributed by atoms with E-state index in [-0.39, 0.29) is 30.9 Å². The maximum Gasteiger partial charge on any atom is 0.257 e. The molecule has 0 bridgehead atoms. The van der Waals surface area contributed by atoms with E-state index in [1.165, 1.54) is 4.90 Å². The van der Waals surface area contributed by atoms with E-state index in [2.05, 4.69) is 4.98 Å². The summed E-state index contributed by atoms with van der Waals surface area (Å²) in [6.07, 6.45) is 1.41. The third-order valence-electron chi connectivity index (χ3n) is 7.19. The molecule has 9 heteroatoms. The zero-order valence-electron chi connectivity index (χ0n) is 21.4. The Morgan fingerprint density at radius 1 is 1.05 bits per heavy atom. The number of anilines is 1. The molecule has 2 unspecified atom stereocenters. The largest absolute Gasteiger partial charge is 0.497 e. The fourth-order valence-electron chi connectivity index (χ4n) is 5.14. The zero-order valence-corrected chi connectivity index (χ0v) is 21.4. The van der Waals surface area contributed by atoms with E-state index in [1.54, 1.807) is 55.6 Å². The highest BCUT2D eigenvalue weighted by Crippen LogP contribution is 2.31. The van der Waals surface area contributed by atoms with Gasteiger partial charge in [0.15, 0.2) is 5.58 Å². The number of carbonyl (C=O) groups excluding carboxylic acids is 3. The first-order chi connectivity index (χ1) is 19.0. The number of methoxy groups -OCH3 is 1. The van der Waals surface area contributed by atoms with Crippen LogP contribution in [-0.2, 0) is 14.3 Å². The summed E-state index contributed by atoms with van der Waals surface area (Å²) in [6, 6.07) is 20.2. The van der Waals surface area contributed by atoms with E-state index >= 15 is 0 Å². The molecule has 2 aliphatic heterocycles. The Bertz CT molecular complexity index is 1490. The van der Waals surface area contributed by atoms with E-state index in [4.69, 9.17) is 13.9 Å². The van der Waals surface area contributed by atoms with E-state index < -0.39 is 11.9 Å². The molecule has 3 amide bonds. The number of rotatable bonds is 7. The summed E-state index contributed by atoms with van der Waals surface area (Å²) in [6.45, 7) is 0.852. The molecular weight excluding hydrogens is 498 g/mol. The summed E-state index contributed by atoms with van der Waals surface area (Å²) < 4.78 is 16.8. The van der Waals surface area contributed by atoms with Crippen molar-refractivity contribution in [2.45, 2.75) is 31.4 Å². The van der Waals surface area contributed by atoms with Gasteiger partial charge >= 0.3 is 0 Å². The average Bonchev–Trinajstić information content (AvgIpc) is 3.71. The fraction of sp³-hybridized carbons (Fsp3) is 0.267. The summed E-state index contributed by atoms with van der Waals surface area (Å²) in [5.74, 6) is -0.0502. The van der Waals surface area contributed by atoms with Crippen molar-refractivity contribution in [3.05, 3.63) is 78.4 Å². The smallest absolute Gasteiger partial charge is 0.257 e. The highest BCUT2D eigenvalue weighted by atomic mass is 16.5. The van der Waals surface area contributed by atoms with Gasteiger partial charge in [0.2, 0.25) is 11.8 Å². The van der Waals surface area contributed by atoms with Crippen LogP contribution in [0.1, 0.15) is 29.6 Å². The molecule has 0 spiro atoms. The number of amides is 3. The number of imide groups is 1. The molecule has 1 aromatic heterocycles. The van der Waals surface area contributed by atoms with Crippen molar-refractivity contribution < 1.29 is 28.3 Å². The lowest BCUT2D eigenvalue weighted by Crippen LogP contribution is -2.48. The molecule has 4 aromatic rings. The molecule has 198 valence electrons. The van der Waals surface area contributed by atoms with Gasteiger partial charge in [-0.05, 0) is 73.5 Å². The van der Waals surface area contributed by atoms with Crippen molar-refractivity contribution >= 4 is 34.5 Å². The third kappa shape index (κ3) is 4.77. The van der Waals surface area contributed by atoms with Crippen molar-refractivity contribution in [2.24, 2.45) is 0 Å². The minimum Gasteiger partial charge on any atom is -0.497 e.